The van der Waals surface area contributed by atoms with Gasteiger partial charge in [-0.05, 0) is 56.2 Å². The van der Waals surface area contributed by atoms with Gasteiger partial charge >= 0.3 is 0 Å². The van der Waals surface area contributed by atoms with Gasteiger partial charge in [0.15, 0.2) is 11.5 Å². The second kappa shape index (κ2) is 9.92. The van der Waals surface area contributed by atoms with Gasteiger partial charge in [-0.1, -0.05) is 28.9 Å². The van der Waals surface area contributed by atoms with Crippen LogP contribution >= 0.6 is 15.9 Å². The average Bonchev–Trinajstić information content (AvgIpc) is 2.74. The highest BCUT2D eigenvalue weighted by molar-refractivity contribution is 9.10. The molecule has 2 aromatic carbocycles. The number of benzene rings is 2. The quantitative estimate of drug-likeness (QED) is 0.329. The maximum Gasteiger partial charge on any atom is 0.282 e. The van der Waals surface area contributed by atoms with Crippen molar-refractivity contribution in [2.45, 2.75) is 39.7 Å². The van der Waals surface area contributed by atoms with Gasteiger partial charge in [0.2, 0.25) is 0 Å². The summed E-state index contributed by atoms with van der Waals surface area (Å²) in [5, 5.41) is 4.98. The molecule has 7 heteroatoms. The molecule has 0 aliphatic carbocycles. The Labute approximate surface area is 190 Å². The third-order valence-electron chi connectivity index (χ3n) is 4.61. The van der Waals surface area contributed by atoms with Crippen LogP contribution in [0.25, 0.3) is 10.9 Å². The Hall–Kier alpha value is -2.93. The lowest BCUT2D eigenvalue weighted by atomic mass is 10.1. The van der Waals surface area contributed by atoms with Crippen molar-refractivity contribution in [1.82, 2.24) is 9.66 Å². The third kappa shape index (κ3) is 5.05. The van der Waals surface area contributed by atoms with E-state index in [2.05, 4.69) is 32.6 Å². The number of allylic oxidation sites excluding steroid dienone is 1. The smallest absolute Gasteiger partial charge is 0.282 e. The van der Waals surface area contributed by atoms with Crippen LogP contribution in [0.15, 0.2) is 57.4 Å². The van der Waals surface area contributed by atoms with Crippen LogP contribution < -0.4 is 15.0 Å². The molecule has 0 bridgehead atoms. The summed E-state index contributed by atoms with van der Waals surface area (Å²) in [4.78, 5) is 17.7. The van der Waals surface area contributed by atoms with Crippen LogP contribution in [0.3, 0.4) is 0 Å². The summed E-state index contributed by atoms with van der Waals surface area (Å²) in [5.74, 6) is 1.89. The SMILES string of the molecule is C=CCc1cc(C=Nn2c(CC)nc3ccc(Br)cc3c2=O)cc(OC)c1OC(C)C. The van der Waals surface area contributed by atoms with Gasteiger partial charge in [0.25, 0.3) is 5.56 Å². The Morgan fingerprint density at radius 3 is 2.71 bits per heavy atom. The van der Waals surface area contributed by atoms with Crippen molar-refractivity contribution >= 4 is 33.0 Å². The molecule has 0 N–H and O–H groups in total. The lowest BCUT2D eigenvalue weighted by molar-refractivity contribution is 0.228. The first-order valence-corrected chi connectivity index (χ1v) is 10.9. The number of nitrogens with zero attached hydrogens (tertiary/aromatic N) is 3. The second-order valence-corrected chi connectivity index (χ2v) is 8.19. The van der Waals surface area contributed by atoms with Gasteiger partial charge in [0.05, 0.1) is 30.3 Å². The molecule has 0 spiro atoms. The molecule has 1 heterocycles. The minimum absolute atomic E-state index is 0.00525. The Bertz CT molecular complexity index is 1200. The number of halogens is 1. The fourth-order valence-electron chi connectivity index (χ4n) is 3.25. The fourth-order valence-corrected chi connectivity index (χ4v) is 3.61. The number of aromatic nitrogens is 2. The molecule has 31 heavy (non-hydrogen) atoms. The van der Waals surface area contributed by atoms with Crippen LogP contribution in [-0.2, 0) is 12.8 Å². The Morgan fingerprint density at radius 2 is 2.06 bits per heavy atom. The van der Waals surface area contributed by atoms with Crippen LogP contribution in [0.5, 0.6) is 11.5 Å². The number of hydrogen-bond acceptors (Lipinski definition) is 5. The van der Waals surface area contributed by atoms with E-state index in [1.165, 1.54) is 4.68 Å². The molecular formula is C24H26BrN3O3. The van der Waals surface area contributed by atoms with Gasteiger partial charge in [-0.15, -0.1) is 6.58 Å². The Kier molecular flexibility index (Phi) is 7.28. The average molecular weight is 484 g/mol. The molecule has 0 radical (unpaired) electrons. The van der Waals surface area contributed by atoms with Crippen molar-refractivity contribution in [3.05, 3.63) is 74.8 Å². The van der Waals surface area contributed by atoms with E-state index in [4.69, 9.17) is 9.47 Å². The third-order valence-corrected chi connectivity index (χ3v) is 5.10. The highest BCUT2D eigenvalue weighted by atomic mass is 79.9. The predicted octanol–water partition coefficient (Wildman–Crippen LogP) is 5.13. The van der Waals surface area contributed by atoms with E-state index >= 15 is 0 Å². The number of methoxy groups -OCH3 is 1. The van der Waals surface area contributed by atoms with Gasteiger partial charge in [0.1, 0.15) is 5.82 Å². The van der Waals surface area contributed by atoms with Crippen LogP contribution in [-0.4, -0.2) is 29.1 Å². The maximum atomic E-state index is 13.1. The summed E-state index contributed by atoms with van der Waals surface area (Å²) in [6.45, 7) is 9.72. The van der Waals surface area contributed by atoms with Gasteiger partial charge in [-0.25, -0.2) is 4.98 Å². The molecule has 3 aromatic rings. The van der Waals surface area contributed by atoms with Crippen LogP contribution in [0, 0.1) is 0 Å². The van der Waals surface area contributed by atoms with Gasteiger partial charge in [0, 0.05) is 16.5 Å². The van der Waals surface area contributed by atoms with E-state index in [1.807, 2.05) is 51.1 Å². The number of aryl methyl sites for hydroxylation is 1. The first kappa shape index (κ1) is 22.7. The molecule has 0 saturated heterocycles. The molecule has 0 aliphatic rings. The topological polar surface area (TPSA) is 65.7 Å². The zero-order valence-electron chi connectivity index (χ0n) is 18.2. The van der Waals surface area contributed by atoms with E-state index in [0.29, 0.717) is 41.1 Å². The monoisotopic (exact) mass is 483 g/mol. The molecular weight excluding hydrogens is 458 g/mol. The van der Waals surface area contributed by atoms with E-state index < -0.39 is 0 Å². The van der Waals surface area contributed by atoms with Crippen LogP contribution in [0.2, 0.25) is 0 Å². The molecule has 1 aromatic heterocycles. The standard InChI is InChI=1S/C24H26BrN3O3/c1-6-8-17-11-16(12-21(30-5)23(17)31-15(3)4)14-26-28-22(7-2)27-20-10-9-18(25)13-19(20)24(28)29/h6,9-15H,1,7-8H2,2-5H3. The van der Waals surface area contributed by atoms with E-state index in [1.54, 1.807) is 19.4 Å². The molecule has 3 rings (SSSR count). The summed E-state index contributed by atoms with van der Waals surface area (Å²) in [5.41, 5.74) is 2.17. The lowest BCUT2D eigenvalue weighted by Gasteiger charge is -2.18. The first-order chi connectivity index (χ1) is 14.9. The predicted molar refractivity (Wildman–Crippen MR) is 129 cm³/mol. The summed E-state index contributed by atoms with van der Waals surface area (Å²) in [7, 11) is 1.60. The molecule has 0 aliphatic heterocycles. The molecule has 0 atom stereocenters. The van der Waals surface area contributed by atoms with Crippen LogP contribution in [0.1, 0.15) is 37.7 Å². The zero-order valence-corrected chi connectivity index (χ0v) is 19.8. The van der Waals surface area contributed by atoms with Crippen molar-refractivity contribution in [3.63, 3.8) is 0 Å². The summed E-state index contributed by atoms with van der Waals surface area (Å²) in [6.07, 6.45) is 4.65. The summed E-state index contributed by atoms with van der Waals surface area (Å²) < 4.78 is 13.7. The van der Waals surface area contributed by atoms with E-state index in [9.17, 15) is 4.79 Å². The molecule has 0 fully saturated rings. The number of fused-ring (bicyclic) bond motifs is 1. The van der Waals surface area contributed by atoms with Gasteiger partial charge in [-0.3, -0.25) is 4.79 Å². The molecule has 0 amide bonds. The summed E-state index contributed by atoms with van der Waals surface area (Å²) in [6, 6.07) is 9.27. The number of hydrogen-bond donors (Lipinski definition) is 0. The zero-order chi connectivity index (χ0) is 22.5. The van der Waals surface area contributed by atoms with Gasteiger partial charge in [-0.2, -0.15) is 9.78 Å². The van der Waals surface area contributed by atoms with Crippen molar-refractivity contribution in [2.24, 2.45) is 5.10 Å². The minimum Gasteiger partial charge on any atom is -0.493 e. The van der Waals surface area contributed by atoms with Crippen LogP contribution in [0.4, 0.5) is 0 Å². The van der Waals surface area contributed by atoms with Crippen molar-refractivity contribution in [1.29, 1.82) is 0 Å². The fraction of sp³-hybridized carbons (Fsp3) is 0.292. The maximum absolute atomic E-state index is 13.1. The van der Waals surface area contributed by atoms with Gasteiger partial charge < -0.3 is 9.47 Å². The highest BCUT2D eigenvalue weighted by Gasteiger charge is 2.14. The van der Waals surface area contributed by atoms with Crippen molar-refractivity contribution < 1.29 is 9.47 Å². The molecule has 0 unspecified atom stereocenters. The lowest BCUT2D eigenvalue weighted by Crippen LogP contribution is -2.22. The normalized spacial score (nSPS) is 11.4. The molecule has 6 nitrogen and oxygen atoms in total. The largest absolute Gasteiger partial charge is 0.493 e. The second-order valence-electron chi connectivity index (χ2n) is 7.28. The van der Waals surface area contributed by atoms with Crippen molar-refractivity contribution in [2.75, 3.05) is 7.11 Å². The number of ether oxygens (including phenoxy) is 2. The number of rotatable bonds is 8. The molecule has 0 saturated carbocycles. The first-order valence-electron chi connectivity index (χ1n) is 10.1. The Morgan fingerprint density at radius 1 is 1.29 bits per heavy atom. The highest BCUT2D eigenvalue weighted by Crippen LogP contribution is 2.34. The minimum atomic E-state index is -0.211. The van der Waals surface area contributed by atoms with E-state index in [0.717, 1.165) is 15.6 Å². The molecule has 162 valence electrons. The summed E-state index contributed by atoms with van der Waals surface area (Å²) >= 11 is 3.42. The van der Waals surface area contributed by atoms with E-state index in [-0.39, 0.29) is 11.7 Å². The Balaban J connectivity index is 2.11. The van der Waals surface area contributed by atoms with Crippen molar-refractivity contribution in [3.8, 4) is 11.5 Å².